The first-order chi connectivity index (χ1) is 7.07. The first-order valence-electron chi connectivity index (χ1n) is 4.71. The highest BCUT2D eigenvalue weighted by Gasteiger charge is 2.16. The van der Waals surface area contributed by atoms with E-state index < -0.39 is 0 Å². The predicted molar refractivity (Wildman–Crippen MR) is 58.9 cm³/mol. The smallest absolute Gasteiger partial charge is 0.207 e. The lowest BCUT2D eigenvalue weighted by molar-refractivity contribution is -0.110. The molecule has 0 unspecified atom stereocenters. The molecule has 0 fully saturated rings. The van der Waals surface area contributed by atoms with Crippen LogP contribution in [0.1, 0.15) is 19.4 Å². The monoisotopic (exact) mass is 206 g/mol. The molecule has 0 aliphatic carbocycles. The van der Waals surface area contributed by atoms with E-state index in [1.807, 2.05) is 26.0 Å². The number of carbonyl (C=O) groups is 1. The summed E-state index contributed by atoms with van der Waals surface area (Å²) in [5.41, 5.74) is 1.19. The summed E-state index contributed by atoms with van der Waals surface area (Å²) in [5, 5.41) is 5.56. The second-order valence-electron chi connectivity index (χ2n) is 4.08. The molecule has 4 heteroatoms. The van der Waals surface area contributed by atoms with Gasteiger partial charge in [-0.15, -0.1) is 4.91 Å². The molecule has 0 aliphatic heterocycles. The number of nitrogens with one attached hydrogen (secondary N) is 1. The van der Waals surface area contributed by atoms with Crippen LogP contribution in [0.2, 0.25) is 0 Å². The number of hydrogen-bond acceptors (Lipinski definition) is 3. The standard InChI is InChI=1S/C11H14N2O2/c1-11(2,12-8-14)7-9-3-5-10(13-15)6-4-9/h3-6,8H,7H2,1-2H3,(H,12,14). The summed E-state index contributed by atoms with van der Waals surface area (Å²) in [6, 6.07) is 7.01. The van der Waals surface area contributed by atoms with Crippen molar-refractivity contribution in [3.05, 3.63) is 34.7 Å². The first-order valence-corrected chi connectivity index (χ1v) is 4.71. The third-order valence-electron chi connectivity index (χ3n) is 2.14. The molecular weight excluding hydrogens is 192 g/mol. The minimum absolute atomic E-state index is 0.280. The zero-order valence-corrected chi connectivity index (χ0v) is 8.86. The summed E-state index contributed by atoms with van der Waals surface area (Å²) < 4.78 is 0. The third-order valence-corrected chi connectivity index (χ3v) is 2.14. The highest BCUT2D eigenvalue weighted by atomic mass is 16.3. The van der Waals surface area contributed by atoms with Crippen LogP contribution in [0.5, 0.6) is 0 Å². The molecule has 1 aromatic rings. The van der Waals surface area contributed by atoms with Crippen molar-refractivity contribution in [1.29, 1.82) is 0 Å². The molecule has 0 aromatic heterocycles. The van der Waals surface area contributed by atoms with E-state index in [0.29, 0.717) is 18.5 Å². The van der Waals surface area contributed by atoms with Crippen molar-refractivity contribution in [2.45, 2.75) is 25.8 Å². The summed E-state index contributed by atoms with van der Waals surface area (Å²) in [7, 11) is 0. The number of hydrogen-bond donors (Lipinski definition) is 1. The van der Waals surface area contributed by atoms with Gasteiger partial charge in [-0.25, -0.2) is 0 Å². The molecule has 0 atom stereocenters. The fraction of sp³-hybridized carbons (Fsp3) is 0.364. The van der Waals surface area contributed by atoms with E-state index >= 15 is 0 Å². The Morgan fingerprint density at radius 3 is 2.40 bits per heavy atom. The van der Waals surface area contributed by atoms with Gasteiger partial charge >= 0.3 is 0 Å². The van der Waals surface area contributed by atoms with Gasteiger partial charge in [0.1, 0.15) is 5.69 Å². The molecule has 1 aromatic carbocycles. The quantitative estimate of drug-likeness (QED) is 0.592. The highest BCUT2D eigenvalue weighted by molar-refractivity contribution is 5.48. The predicted octanol–water partition coefficient (Wildman–Crippen LogP) is 2.15. The van der Waals surface area contributed by atoms with Gasteiger partial charge in [0.2, 0.25) is 6.41 Å². The van der Waals surface area contributed by atoms with Crippen LogP contribution < -0.4 is 5.32 Å². The van der Waals surface area contributed by atoms with Crippen LogP contribution in [-0.2, 0) is 11.2 Å². The van der Waals surface area contributed by atoms with Gasteiger partial charge in [0.05, 0.1) is 0 Å². The molecule has 1 N–H and O–H groups in total. The molecule has 0 heterocycles. The third kappa shape index (κ3) is 3.50. The molecule has 1 amide bonds. The Morgan fingerprint density at radius 1 is 1.33 bits per heavy atom. The minimum atomic E-state index is -0.280. The van der Waals surface area contributed by atoms with Gasteiger partial charge in [-0.3, -0.25) is 4.79 Å². The Labute approximate surface area is 88.7 Å². The maximum atomic E-state index is 10.3. The van der Waals surface area contributed by atoms with Crippen LogP contribution in [0, 0.1) is 4.91 Å². The molecule has 15 heavy (non-hydrogen) atoms. The van der Waals surface area contributed by atoms with Crippen molar-refractivity contribution < 1.29 is 4.79 Å². The van der Waals surface area contributed by atoms with Crippen molar-refractivity contribution in [2.75, 3.05) is 0 Å². The molecule has 0 saturated heterocycles. The van der Waals surface area contributed by atoms with Gasteiger partial charge in [-0.2, -0.15) is 0 Å². The normalized spacial score (nSPS) is 10.8. The molecule has 80 valence electrons. The van der Waals surface area contributed by atoms with Crippen LogP contribution in [0.3, 0.4) is 0 Å². The van der Waals surface area contributed by atoms with Crippen LogP contribution in [0.15, 0.2) is 29.4 Å². The maximum Gasteiger partial charge on any atom is 0.207 e. The second kappa shape index (κ2) is 4.68. The van der Waals surface area contributed by atoms with Crippen molar-refractivity contribution in [3.63, 3.8) is 0 Å². The number of benzene rings is 1. The zero-order chi connectivity index (χ0) is 11.3. The van der Waals surface area contributed by atoms with Gasteiger partial charge in [-0.05, 0) is 43.1 Å². The molecule has 0 bridgehead atoms. The Kier molecular flexibility index (Phi) is 3.55. The Balaban J connectivity index is 2.72. The first kappa shape index (κ1) is 11.4. The van der Waals surface area contributed by atoms with Crippen LogP contribution >= 0.6 is 0 Å². The van der Waals surface area contributed by atoms with Gasteiger partial charge in [0.15, 0.2) is 0 Å². The van der Waals surface area contributed by atoms with E-state index in [9.17, 15) is 9.70 Å². The number of amides is 1. The van der Waals surface area contributed by atoms with Crippen LogP contribution in [0.25, 0.3) is 0 Å². The number of nitrogens with zero attached hydrogens (tertiary/aromatic N) is 1. The lowest BCUT2D eigenvalue weighted by Crippen LogP contribution is -2.40. The second-order valence-corrected chi connectivity index (χ2v) is 4.08. The van der Waals surface area contributed by atoms with E-state index in [-0.39, 0.29) is 5.54 Å². The molecule has 0 spiro atoms. The summed E-state index contributed by atoms with van der Waals surface area (Å²) in [6.07, 6.45) is 1.41. The maximum absolute atomic E-state index is 10.3. The van der Waals surface area contributed by atoms with E-state index in [1.54, 1.807) is 12.1 Å². The average Bonchev–Trinajstić information content (AvgIpc) is 2.18. The lowest BCUT2D eigenvalue weighted by atomic mass is 9.95. The van der Waals surface area contributed by atoms with Crippen LogP contribution in [0.4, 0.5) is 5.69 Å². The molecule has 0 saturated carbocycles. The van der Waals surface area contributed by atoms with E-state index in [1.165, 1.54) is 0 Å². The molecule has 1 rings (SSSR count). The van der Waals surface area contributed by atoms with Crippen molar-refractivity contribution in [3.8, 4) is 0 Å². The Bertz CT molecular complexity index is 344. The Morgan fingerprint density at radius 2 is 1.93 bits per heavy atom. The average molecular weight is 206 g/mol. The van der Waals surface area contributed by atoms with Gasteiger partial charge in [-0.1, -0.05) is 12.1 Å². The SMILES string of the molecule is CC(C)(Cc1ccc(N=O)cc1)NC=O. The van der Waals surface area contributed by atoms with Crippen molar-refractivity contribution >= 4 is 12.1 Å². The van der Waals surface area contributed by atoms with Crippen LogP contribution in [-0.4, -0.2) is 11.9 Å². The Hall–Kier alpha value is -1.71. The van der Waals surface area contributed by atoms with Gasteiger partial charge < -0.3 is 5.32 Å². The van der Waals surface area contributed by atoms with Gasteiger partial charge in [0, 0.05) is 5.54 Å². The van der Waals surface area contributed by atoms with Crippen molar-refractivity contribution in [2.24, 2.45) is 5.18 Å². The summed E-state index contributed by atoms with van der Waals surface area (Å²) in [6.45, 7) is 3.88. The summed E-state index contributed by atoms with van der Waals surface area (Å²) >= 11 is 0. The molecular formula is C11H14N2O2. The van der Waals surface area contributed by atoms with E-state index in [2.05, 4.69) is 10.5 Å². The molecule has 0 radical (unpaired) electrons. The largest absolute Gasteiger partial charge is 0.353 e. The number of carbonyl (C=O) groups excluding carboxylic acids is 1. The fourth-order valence-corrected chi connectivity index (χ4v) is 1.40. The minimum Gasteiger partial charge on any atom is -0.353 e. The summed E-state index contributed by atoms with van der Waals surface area (Å²) in [5.74, 6) is 0. The number of nitroso groups, excluding NO2 is 1. The summed E-state index contributed by atoms with van der Waals surface area (Å²) in [4.78, 5) is 20.5. The van der Waals surface area contributed by atoms with E-state index in [0.717, 1.165) is 5.56 Å². The highest BCUT2D eigenvalue weighted by Crippen LogP contribution is 2.16. The van der Waals surface area contributed by atoms with E-state index in [4.69, 9.17) is 0 Å². The fourth-order valence-electron chi connectivity index (χ4n) is 1.40. The van der Waals surface area contributed by atoms with Gasteiger partial charge in [0.25, 0.3) is 0 Å². The molecule has 0 aliphatic rings. The molecule has 4 nitrogen and oxygen atoms in total. The number of rotatable bonds is 5. The topological polar surface area (TPSA) is 58.5 Å². The van der Waals surface area contributed by atoms with Crippen molar-refractivity contribution in [1.82, 2.24) is 5.32 Å². The lowest BCUT2D eigenvalue weighted by Gasteiger charge is -2.23. The zero-order valence-electron chi connectivity index (χ0n) is 8.86.